The van der Waals surface area contributed by atoms with Crippen molar-refractivity contribution in [3.05, 3.63) is 59.9 Å². The first-order valence-corrected chi connectivity index (χ1v) is 8.68. The maximum atomic E-state index is 13.9. The molecule has 0 spiro atoms. The monoisotopic (exact) mass is 352 g/mol. The first-order chi connectivity index (χ1) is 12.7. The first-order valence-electron chi connectivity index (χ1n) is 8.68. The van der Waals surface area contributed by atoms with Crippen molar-refractivity contribution in [3.63, 3.8) is 0 Å². The second kappa shape index (κ2) is 8.34. The minimum Gasteiger partial charge on any atom is -0.385 e. The molecule has 3 rings (SSSR count). The Bertz CT molecular complexity index is 792. The molecule has 134 valence electrons. The predicted octanol–water partition coefficient (Wildman–Crippen LogP) is 2.85. The second-order valence-electron chi connectivity index (χ2n) is 6.19. The zero-order chi connectivity index (χ0) is 18.4. The maximum Gasteiger partial charge on any atom is 0.224 e. The predicted molar refractivity (Wildman–Crippen MR) is 99.5 cm³/mol. The van der Waals surface area contributed by atoms with E-state index in [0.717, 1.165) is 5.69 Å². The number of carbonyl (C=O) groups is 1. The molecule has 1 heterocycles. The van der Waals surface area contributed by atoms with Crippen molar-refractivity contribution < 1.29 is 9.18 Å². The van der Waals surface area contributed by atoms with Gasteiger partial charge in [0.2, 0.25) is 5.91 Å². The van der Waals surface area contributed by atoms with Gasteiger partial charge in [0.15, 0.2) is 0 Å². The number of halogens is 1. The van der Waals surface area contributed by atoms with Crippen molar-refractivity contribution in [2.75, 3.05) is 42.9 Å². The molecule has 0 aliphatic carbocycles. The molecule has 1 saturated heterocycles. The Hall–Kier alpha value is -3.07. The summed E-state index contributed by atoms with van der Waals surface area (Å²) in [6.07, 6.45) is 0.402. The van der Waals surface area contributed by atoms with Gasteiger partial charge in [-0.1, -0.05) is 12.1 Å². The molecule has 1 amide bonds. The molecule has 2 aromatic carbocycles. The number of nitriles is 1. The van der Waals surface area contributed by atoms with Crippen LogP contribution in [0.3, 0.4) is 0 Å². The standard InChI is InChI=1S/C20H21FN4O/c21-18-3-1-2-4-19(18)24-11-13-25(14-12-24)20(26)9-10-23-17-7-5-16(15-22)6-8-17/h1-8,23H,9-14H2. The molecule has 0 unspecified atom stereocenters. The average molecular weight is 352 g/mol. The van der Waals surface area contributed by atoms with E-state index >= 15 is 0 Å². The number of para-hydroxylation sites is 1. The van der Waals surface area contributed by atoms with Gasteiger partial charge in [0.1, 0.15) is 5.82 Å². The number of hydrogen-bond donors (Lipinski definition) is 1. The summed E-state index contributed by atoms with van der Waals surface area (Å²) in [6, 6.07) is 16.0. The highest BCUT2D eigenvalue weighted by molar-refractivity contribution is 5.77. The second-order valence-corrected chi connectivity index (χ2v) is 6.19. The summed E-state index contributed by atoms with van der Waals surface area (Å²) in [5.74, 6) is -0.127. The van der Waals surface area contributed by atoms with Crippen LogP contribution in [0.25, 0.3) is 0 Å². The van der Waals surface area contributed by atoms with Crippen LogP contribution in [-0.2, 0) is 4.79 Å². The van der Waals surface area contributed by atoms with Crippen LogP contribution in [0.2, 0.25) is 0 Å². The summed E-state index contributed by atoms with van der Waals surface area (Å²) in [5, 5.41) is 12.0. The van der Waals surface area contributed by atoms with Crippen molar-refractivity contribution in [1.29, 1.82) is 5.26 Å². The number of carbonyl (C=O) groups excluding carboxylic acids is 1. The number of rotatable bonds is 5. The number of anilines is 2. The van der Waals surface area contributed by atoms with Crippen LogP contribution in [0, 0.1) is 17.1 Å². The zero-order valence-corrected chi connectivity index (χ0v) is 14.5. The molecule has 1 N–H and O–H groups in total. The highest BCUT2D eigenvalue weighted by Gasteiger charge is 2.22. The summed E-state index contributed by atoms with van der Waals surface area (Å²) in [6.45, 7) is 3.01. The van der Waals surface area contributed by atoms with E-state index in [1.54, 1.807) is 24.3 Å². The molecule has 6 heteroatoms. The molecule has 0 radical (unpaired) electrons. The molecular weight excluding hydrogens is 331 g/mol. The molecule has 0 bridgehead atoms. The third-order valence-electron chi connectivity index (χ3n) is 4.51. The fourth-order valence-corrected chi connectivity index (χ4v) is 3.04. The van der Waals surface area contributed by atoms with Crippen molar-refractivity contribution in [3.8, 4) is 6.07 Å². The van der Waals surface area contributed by atoms with Gasteiger partial charge in [0.05, 0.1) is 17.3 Å². The number of piperazine rings is 1. The van der Waals surface area contributed by atoms with Crippen molar-refractivity contribution in [2.24, 2.45) is 0 Å². The first kappa shape index (κ1) is 17.7. The Morgan fingerprint density at radius 1 is 1.08 bits per heavy atom. The van der Waals surface area contributed by atoms with Crippen molar-refractivity contribution in [2.45, 2.75) is 6.42 Å². The number of amides is 1. The van der Waals surface area contributed by atoms with E-state index in [-0.39, 0.29) is 11.7 Å². The Balaban J connectivity index is 1.43. The third-order valence-corrected chi connectivity index (χ3v) is 4.51. The maximum absolute atomic E-state index is 13.9. The van der Waals surface area contributed by atoms with Gasteiger partial charge in [-0.2, -0.15) is 5.26 Å². The van der Waals surface area contributed by atoms with E-state index in [1.165, 1.54) is 6.07 Å². The Morgan fingerprint density at radius 3 is 2.42 bits per heavy atom. The van der Waals surface area contributed by atoms with Crippen molar-refractivity contribution >= 4 is 17.3 Å². The zero-order valence-electron chi connectivity index (χ0n) is 14.5. The van der Waals surface area contributed by atoms with Crippen molar-refractivity contribution in [1.82, 2.24) is 4.90 Å². The van der Waals surface area contributed by atoms with E-state index in [2.05, 4.69) is 11.4 Å². The van der Waals surface area contributed by atoms with Crippen LogP contribution in [0.5, 0.6) is 0 Å². The summed E-state index contributed by atoms with van der Waals surface area (Å²) in [4.78, 5) is 16.2. The summed E-state index contributed by atoms with van der Waals surface area (Å²) >= 11 is 0. The molecule has 0 atom stereocenters. The molecule has 26 heavy (non-hydrogen) atoms. The van der Waals surface area contributed by atoms with Crippen LogP contribution in [0.1, 0.15) is 12.0 Å². The van der Waals surface area contributed by atoms with Crippen LogP contribution < -0.4 is 10.2 Å². The third kappa shape index (κ3) is 4.31. The van der Waals surface area contributed by atoms with E-state index in [4.69, 9.17) is 5.26 Å². The van der Waals surface area contributed by atoms with Crippen LogP contribution in [0.4, 0.5) is 15.8 Å². The number of benzene rings is 2. The average Bonchev–Trinajstić information content (AvgIpc) is 2.69. The van der Waals surface area contributed by atoms with Gasteiger partial charge < -0.3 is 15.1 Å². The van der Waals surface area contributed by atoms with Gasteiger partial charge in [0, 0.05) is 44.8 Å². The lowest BCUT2D eigenvalue weighted by Gasteiger charge is -2.36. The lowest BCUT2D eigenvalue weighted by atomic mass is 10.2. The topological polar surface area (TPSA) is 59.4 Å². The van der Waals surface area contributed by atoms with Gasteiger partial charge in [-0.25, -0.2) is 4.39 Å². The number of nitrogens with zero attached hydrogens (tertiary/aromatic N) is 3. The molecular formula is C20H21FN4O. The molecule has 2 aromatic rings. The number of hydrogen-bond acceptors (Lipinski definition) is 4. The lowest BCUT2D eigenvalue weighted by Crippen LogP contribution is -2.49. The van der Waals surface area contributed by atoms with E-state index in [0.29, 0.717) is 50.4 Å². The fraction of sp³-hybridized carbons (Fsp3) is 0.300. The highest BCUT2D eigenvalue weighted by atomic mass is 19.1. The van der Waals surface area contributed by atoms with Gasteiger partial charge in [-0.05, 0) is 36.4 Å². The van der Waals surface area contributed by atoms with Gasteiger partial charge in [0.25, 0.3) is 0 Å². The smallest absolute Gasteiger partial charge is 0.224 e. The molecule has 0 aromatic heterocycles. The summed E-state index contributed by atoms with van der Waals surface area (Å²) in [7, 11) is 0. The molecule has 1 aliphatic rings. The quantitative estimate of drug-likeness (QED) is 0.899. The van der Waals surface area contributed by atoms with Crippen LogP contribution in [-0.4, -0.2) is 43.5 Å². The van der Waals surface area contributed by atoms with E-state index in [9.17, 15) is 9.18 Å². The lowest BCUT2D eigenvalue weighted by molar-refractivity contribution is -0.131. The largest absolute Gasteiger partial charge is 0.385 e. The molecule has 1 aliphatic heterocycles. The molecule has 0 saturated carbocycles. The van der Waals surface area contributed by atoms with Gasteiger partial charge in [-0.15, -0.1) is 0 Å². The minimum atomic E-state index is -0.223. The molecule has 1 fully saturated rings. The normalized spacial score (nSPS) is 14.0. The Labute approximate surface area is 152 Å². The van der Waals surface area contributed by atoms with Crippen LogP contribution >= 0.6 is 0 Å². The molecule has 5 nitrogen and oxygen atoms in total. The Morgan fingerprint density at radius 2 is 1.77 bits per heavy atom. The van der Waals surface area contributed by atoms with Gasteiger partial charge >= 0.3 is 0 Å². The number of nitrogens with one attached hydrogen (secondary N) is 1. The SMILES string of the molecule is N#Cc1ccc(NCCC(=O)N2CCN(c3ccccc3F)CC2)cc1. The fourth-order valence-electron chi connectivity index (χ4n) is 3.04. The van der Waals surface area contributed by atoms with Gasteiger partial charge in [-0.3, -0.25) is 4.79 Å². The minimum absolute atomic E-state index is 0.0966. The Kier molecular flexibility index (Phi) is 5.69. The summed E-state index contributed by atoms with van der Waals surface area (Å²) < 4.78 is 13.9. The summed E-state index contributed by atoms with van der Waals surface area (Å²) in [5.41, 5.74) is 2.10. The van der Waals surface area contributed by atoms with E-state index < -0.39 is 0 Å². The highest BCUT2D eigenvalue weighted by Crippen LogP contribution is 2.20. The van der Waals surface area contributed by atoms with Crippen LogP contribution in [0.15, 0.2) is 48.5 Å². The van der Waals surface area contributed by atoms with E-state index in [1.807, 2.05) is 28.0 Å².